The van der Waals surface area contributed by atoms with Gasteiger partial charge in [0, 0.05) is 69.7 Å². The van der Waals surface area contributed by atoms with Crippen LogP contribution in [0.1, 0.15) is 44.6 Å². The molecule has 2 amide bonds. The number of aromatic nitrogens is 6. The van der Waals surface area contributed by atoms with Gasteiger partial charge in [-0.3, -0.25) is 24.3 Å². The number of H-pyrrole nitrogens is 1. The quantitative estimate of drug-likeness (QED) is 0.0636. The van der Waals surface area contributed by atoms with Crippen molar-refractivity contribution in [3.05, 3.63) is 118 Å². The molecule has 1 fully saturated rings. The van der Waals surface area contributed by atoms with Crippen LogP contribution in [0.2, 0.25) is 0 Å². The van der Waals surface area contributed by atoms with E-state index in [9.17, 15) is 14.4 Å². The smallest absolute Gasteiger partial charge is 0.270 e. The number of nitrogens with zero attached hydrogens (tertiary/aromatic N) is 8. The normalized spacial score (nSPS) is 13.1. The lowest BCUT2D eigenvalue weighted by atomic mass is 10.1. The lowest BCUT2D eigenvalue weighted by Crippen LogP contribution is -2.46. The maximum absolute atomic E-state index is 12.9. The molecule has 68 heavy (non-hydrogen) atoms. The highest BCUT2D eigenvalue weighted by Gasteiger charge is 2.19. The van der Waals surface area contributed by atoms with E-state index in [0.717, 1.165) is 78.4 Å². The minimum absolute atomic E-state index is 0.0545. The molecule has 1 saturated heterocycles. The first-order valence-electron chi connectivity index (χ1n) is 23.2. The molecule has 362 valence electrons. The highest BCUT2D eigenvalue weighted by atomic mass is 16.6. The van der Waals surface area contributed by atoms with Gasteiger partial charge in [0.25, 0.3) is 17.4 Å². The second-order valence-electron chi connectivity index (χ2n) is 16.6. The molecule has 19 heteroatoms. The fourth-order valence-corrected chi connectivity index (χ4v) is 7.54. The molecule has 1 aliphatic rings. The molecule has 1 aliphatic heterocycles. The average molecular weight is 934 g/mol. The molecule has 0 unspecified atom stereocenters. The Labute approximate surface area is 396 Å². The summed E-state index contributed by atoms with van der Waals surface area (Å²) in [6, 6.07) is 18.9. The molecular formula is C49H63N11O8. The minimum atomic E-state index is -0.293. The molecule has 3 N–H and O–H groups in total. The van der Waals surface area contributed by atoms with Crippen molar-refractivity contribution in [2.24, 2.45) is 0 Å². The predicted molar refractivity (Wildman–Crippen MR) is 259 cm³/mol. The van der Waals surface area contributed by atoms with Crippen molar-refractivity contribution in [2.75, 3.05) is 124 Å². The summed E-state index contributed by atoms with van der Waals surface area (Å²) in [4.78, 5) is 65.6. The number of amides is 2. The molecule has 0 saturated carbocycles. The number of hydrogen-bond donors (Lipinski definition) is 3. The van der Waals surface area contributed by atoms with Gasteiger partial charge >= 0.3 is 0 Å². The Kier molecular flexibility index (Phi) is 18.7. The van der Waals surface area contributed by atoms with Crippen LogP contribution in [0.3, 0.4) is 0 Å². The molecule has 6 aromatic rings. The van der Waals surface area contributed by atoms with E-state index in [0.29, 0.717) is 108 Å². The van der Waals surface area contributed by atoms with E-state index in [1.807, 2.05) is 74.2 Å². The number of benzene rings is 1. The zero-order valence-corrected chi connectivity index (χ0v) is 39.3. The number of para-hydroxylation sites is 1. The predicted octanol–water partition coefficient (Wildman–Crippen LogP) is 3.16. The van der Waals surface area contributed by atoms with E-state index < -0.39 is 0 Å². The number of anilines is 1. The number of fused-ring (bicyclic) bond motifs is 2. The van der Waals surface area contributed by atoms with Gasteiger partial charge in [0.1, 0.15) is 29.3 Å². The van der Waals surface area contributed by atoms with Gasteiger partial charge in [-0.15, -0.1) is 0 Å². The summed E-state index contributed by atoms with van der Waals surface area (Å²) in [5, 5.41) is 5.71. The van der Waals surface area contributed by atoms with Gasteiger partial charge in [0.2, 0.25) is 0 Å². The van der Waals surface area contributed by atoms with Crippen molar-refractivity contribution >= 4 is 39.7 Å². The lowest BCUT2D eigenvalue weighted by molar-refractivity contribution is -0.00100. The number of piperazine rings is 1. The molecule has 7 rings (SSSR count). The third-order valence-electron chi connectivity index (χ3n) is 11.3. The number of aromatic amines is 1. The first-order valence-corrected chi connectivity index (χ1v) is 23.2. The third-order valence-corrected chi connectivity index (χ3v) is 11.3. The Bertz CT molecular complexity index is 2600. The Morgan fingerprint density at radius 3 is 2.06 bits per heavy atom. The van der Waals surface area contributed by atoms with Gasteiger partial charge in [-0.1, -0.05) is 25.1 Å². The van der Waals surface area contributed by atoms with Crippen molar-refractivity contribution in [1.29, 1.82) is 0 Å². The monoisotopic (exact) mass is 933 g/mol. The van der Waals surface area contributed by atoms with E-state index in [1.165, 1.54) is 0 Å². The van der Waals surface area contributed by atoms with E-state index >= 15 is 0 Å². The van der Waals surface area contributed by atoms with Crippen molar-refractivity contribution in [3.8, 4) is 5.75 Å². The van der Waals surface area contributed by atoms with Crippen LogP contribution in [0, 0.1) is 0 Å². The summed E-state index contributed by atoms with van der Waals surface area (Å²) in [7, 11) is 4.02. The Morgan fingerprint density at radius 1 is 0.706 bits per heavy atom. The van der Waals surface area contributed by atoms with Gasteiger partial charge in [0.15, 0.2) is 5.65 Å². The standard InChI is InChI=1S/C49H63N11O8/c1-4-37-30-43-44(56-47(37)61)29-36(31-52-43)33-58-15-17-59(18-16-58)39-9-10-41(53-32-39)48(62)50-13-20-64-23-25-66-27-28-67-26-24-65-21-14-51-49(63)42-12-11-40-46(55-42)60(35-54-40)34-38-7-5-6-8-45(38)68-22-19-57(2)3/h5-12,29-32,35H,4,13-28,33-34H2,1-3H3,(H,50,62)(H,51,63)(H,56,61). The largest absolute Gasteiger partial charge is 0.492 e. The first-order chi connectivity index (χ1) is 33.2. The van der Waals surface area contributed by atoms with Crippen LogP contribution in [-0.4, -0.2) is 170 Å². The number of ether oxygens (including phenoxy) is 5. The lowest BCUT2D eigenvalue weighted by Gasteiger charge is -2.36. The van der Waals surface area contributed by atoms with Crippen LogP contribution < -0.4 is 25.8 Å². The molecular weight excluding hydrogens is 871 g/mol. The fraction of sp³-hybridized carbons (Fsp3) is 0.449. The summed E-state index contributed by atoms with van der Waals surface area (Å²) in [5.41, 5.74) is 7.26. The zero-order valence-electron chi connectivity index (χ0n) is 39.3. The molecule has 0 bridgehead atoms. The number of nitrogens with one attached hydrogen (secondary N) is 3. The SMILES string of the molecule is CCc1cc2ncc(CN3CCN(c4ccc(C(=O)NCCOCCOCCOCCOCCNC(=O)c5ccc6ncn(Cc7ccccc7OCCN(C)C)c6n5)nc4)CC3)cc2[nH]c1=O. The summed E-state index contributed by atoms with van der Waals surface area (Å²) in [5.74, 6) is 0.261. The topological polar surface area (TPSA) is 203 Å². The molecule has 0 aliphatic carbocycles. The Hall–Kier alpha value is -6.35. The molecule has 5 aromatic heterocycles. The first kappa shape index (κ1) is 49.6. The van der Waals surface area contributed by atoms with E-state index in [4.69, 9.17) is 23.7 Å². The number of hydrogen-bond acceptors (Lipinski definition) is 15. The van der Waals surface area contributed by atoms with Crippen molar-refractivity contribution in [2.45, 2.75) is 26.4 Å². The number of aryl methyl sites for hydroxylation is 1. The number of likely N-dealkylation sites (N-methyl/N-ethyl adjacent to an activating group) is 1. The summed E-state index contributed by atoms with van der Waals surface area (Å²) in [6.07, 6.45) is 6.04. The van der Waals surface area contributed by atoms with Crippen molar-refractivity contribution in [1.82, 2.24) is 49.9 Å². The van der Waals surface area contributed by atoms with Crippen LogP contribution in [0.4, 0.5) is 5.69 Å². The third kappa shape index (κ3) is 14.6. The molecule has 6 heterocycles. The molecule has 19 nitrogen and oxygen atoms in total. The second-order valence-corrected chi connectivity index (χ2v) is 16.6. The van der Waals surface area contributed by atoms with Crippen LogP contribution in [0.15, 0.2) is 84.2 Å². The van der Waals surface area contributed by atoms with Gasteiger partial charge in [0.05, 0.1) is 88.6 Å². The Balaban J connectivity index is 0.675. The van der Waals surface area contributed by atoms with Gasteiger partial charge in [-0.05, 0) is 68.5 Å². The minimum Gasteiger partial charge on any atom is -0.492 e. The number of carbonyl (C=O) groups is 2. The molecule has 1 aromatic carbocycles. The molecule has 0 atom stereocenters. The Morgan fingerprint density at radius 2 is 1.38 bits per heavy atom. The average Bonchev–Trinajstić information content (AvgIpc) is 3.75. The van der Waals surface area contributed by atoms with E-state index in [1.54, 1.807) is 30.7 Å². The van der Waals surface area contributed by atoms with Gasteiger partial charge in [-0.2, -0.15) is 0 Å². The molecule has 0 spiro atoms. The highest BCUT2D eigenvalue weighted by Crippen LogP contribution is 2.22. The van der Waals surface area contributed by atoms with Crippen LogP contribution in [0.5, 0.6) is 5.75 Å². The van der Waals surface area contributed by atoms with E-state index in [-0.39, 0.29) is 17.4 Å². The summed E-state index contributed by atoms with van der Waals surface area (Å²) < 4.78 is 30.3. The molecule has 0 radical (unpaired) electrons. The maximum Gasteiger partial charge on any atom is 0.270 e. The fourth-order valence-electron chi connectivity index (χ4n) is 7.54. The zero-order chi connectivity index (χ0) is 47.5. The van der Waals surface area contributed by atoms with Gasteiger partial charge < -0.3 is 53.7 Å². The van der Waals surface area contributed by atoms with Crippen LogP contribution in [0.25, 0.3) is 22.2 Å². The number of rotatable bonds is 27. The second kappa shape index (κ2) is 25.7. The van der Waals surface area contributed by atoms with Crippen molar-refractivity contribution in [3.63, 3.8) is 0 Å². The number of pyridine rings is 4. The van der Waals surface area contributed by atoms with Crippen molar-refractivity contribution < 1.29 is 33.3 Å². The highest BCUT2D eigenvalue weighted by molar-refractivity contribution is 5.94. The summed E-state index contributed by atoms with van der Waals surface area (Å²) >= 11 is 0. The number of imidazole rings is 1. The van der Waals surface area contributed by atoms with Crippen LogP contribution >= 0.6 is 0 Å². The summed E-state index contributed by atoms with van der Waals surface area (Å²) in [6.45, 7) is 11.7. The van der Waals surface area contributed by atoms with Crippen LogP contribution in [-0.2, 0) is 38.5 Å². The van der Waals surface area contributed by atoms with Gasteiger partial charge in [-0.25, -0.2) is 15.0 Å². The maximum atomic E-state index is 12.9. The van der Waals surface area contributed by atoms with E-state index in [2.05, 4.69) is 50.3 Å². The number of carbonyl (C=O) groups excluding carboxylic acids is 2.